The molecule has 1 aromatic carbocycles. The maximum absolute atomic E-state index is 12.0. The second kappa shape index (κ2) is 7.19. The molecule has 0 aliphatic carbocycles. The van der Waals surface area contributed by atoms with Gasteiger partial charge in [0.05, 0.1) is 19.3 Å². The van der Waals surface area contributed by atoms with E-state index in [1.807, 2.05) is 0 Å². The van der Waals surface area contributed by atoms with Crippen LogP contribution in [0, 0.1) is 0 Å². The number of benzene rings is 1. The average Bonchev–Trinajstić information content (AvgIpc) is 2.45. The Balaban J connectivity index is 2.70. The minimum Gasteiger partial charge on any atom is -0.497 e. The second-order valence-electron chi connectivity index (χ2n) is 5.09. The zero-order valence-corrected chi connectivity index (χ0v) is 13.2. The van der Waals surface area contributed by atoms with Gasteiger partial charge in [-0.05, 0) is 24.6 Å². The Bertz CT molecular complexity index is 559. The van der Waals surface area contributed by atoms with Crippen LogP contribution >= 0.6 is 0 Å². The van der Waals surface area contributed by atoms with E-state index in [2.05, 4.69) is 4.72 Å². The Labute approximate surface area is 125 Å². The molecule has 0 radical (unpaired) electrons. The van der Waals surface area contributed by atoms with Crippen molar-refractivity contribution < 1.29 is 23.4 Å². The van der Waals surface area contributed by atoms with Crippen LogP contribution < -0.4 is 9.46 Å². The van der Waals surface area contributed by atoms with E-state index in [0.29, 0.717) is 5.75 Å². The van der Waals surface area contributed by atoms with E-state index < -0.39 is 22.4 Å². The van der Waals surface area contributed by atoms with Crippen molar-refractivity contribution in [3.05, 3.63) is 29.8 Å². The fraction of sp³-hybridized carbons (Fsp3) is 0.538. The van der Waals surface area contributed by atoms with Crippen LogP contribution in [0.15, 0.2) is 24.3 Å². The van der Waals surface area contributed by atoms with Crippen LogP contribution in [-0.2, 0) is 16.8 Å². The van der Waals surface area contributed by atoms with Crippen LogP contribution in [0.2, 0.25) is 0 Å². The van der Waals surface area contributed by atoms with Crippen molar-refractivity contribution in [2.45, 2.75) is 19.1 Å². The number of methoxy groups -OCH3 is 1. The van der Waals surface area contributed by atoms with E-state index in [4.69, 9.17) is 9.84 Å². The van der Waals surface area contributed by atoms with Crippen molar-refractivity contribution in [3.63, 3.8) is 0 Å². The van der Waals surface area contributed by atoms with Gasteiger partial charge in [-0.2, -0.15) is 17.4 Å². The Morgan fingerprint density at radius 3 is 2.67 bits per heavy atom. The highest BCUT2D eigenvalue weighted by Crippen LogP contribution is 2.14. The third kappa shape index (κ3) is 5.60. The number of hydrogen-bond donors (Lipinski definition) is 3. The first-order chi connectivity index (χ1) is 9.70. The third-order valence-corrected chi connectivity index (χ3v) is 4.38. The fourth-order valence-corrected chi connectivity index (χ4v) is 2.56. The lowest BCUT2D eigenvalue weighted by Gasteiger charge is -2.23. The molecule has 0 amide bonds. The van der Waals surface area contributed by atoms with Crippen LogP contribution in [0.1, 0.15) is 12.5 Å². The van der Waals surface area contributed by atoms with Crippen LogP contribution in [0.4, 0.5) is 0 Å². The summed E-state index contributed by atoms with van der Waals surface area (Å²) in [5.41, 5.74) is -0.722. The highest BCUT2D eigenvalue weighted by atomic mass is 32.2. The molecule has 0 bridgehead atoms. The maximum Gasteiger partial charge on any atom is 0.279 e. The quantitative estimate of drug-likeness (QED) is 0.611. The molecule has 1 rings (SSSR count). The van der Waals surface area contributed by atoms with Gasteiger partial charge in [0.1, 0.15) is 5.75 Å². The van der Waals surface area contributed by atoms with Gasteiger partial charge >= 0.3 is 0 Å². The zero-order valence-electron chi connectivity index (χ0n) is 12.4. The topological polar surface area (TPSA) is 99.1 Å². The highest BCUT2D eigenvalue weighted by Gasteiger charge is 2.24. The number of aliphatic hydroxyl groups excluding tert-OH is 1. The SMILES string of the molecule is COc1cccc(CN(C)S(=O)(=O)NCC(C)(O)CO)c1. The summed E-state index contributed by atoms with van der Waals surface area (Å²) in [5.74, 6) is 0.648. The molecule has 0 aromatic heterocycles. The Hall–Kier alpha value is -1.19. The van der Waals surface area contributed by atoms with Crippen molar-refractivity contribution in [2.75, 3.05) is 27.3 Å². The normalized spacial score (nSPS) is 15.0. The van der Waals surface area contributed by atoms with Crippen molar-refractivity contribution in [2.24, 2.45) is 0 Å². The minimum atomic E-state index is -3.75. The zero-order chi connectivity index (χ0) is 16.1. The van der Waals surface area contributed by atoms with Gasteiger partial charge in [0, 0.05) is 20.1 Å². The number of ether oxygens (including phenoxy) is 1. The van der Waals surface area contributed by atoms with Crippen molar-refractivity contribution >= 4 is 10.2 Å². The van der Waals surface area contributed by atoms with Gasteiger partial charge in [0.15, 0.2) is 0 Å². The van der Waals surface area contributed by atoms with Gasteiger partial charge in [-0.3, -0.25) is 0 Å². The van der Waals surface area contributed by atoms with Gasteiger partial charge in [0.25, 0.3) is 10.2 Å². The van der Waals surface area contributed by atoms with Crippen LogP contribution in [0.25, 0.3) is 0 Å². The Kier molecular flexibility index (Phi) is 6.11. The smallest absolute Gasteiger partial charge is 0.279 e. The molecule has 3 N–H and O–H groups in total. The predicted molar refractivity (Wildman–Crippen MR) is 79.1 cm³/mol. The lowest BCUT2D eigenvalue weighted by Crippen LogP contribution is -2.47. The molecule has 0 fully saturated rings. The molecule has 0 aliphatic rings. The largest absolute Gasteiger partial charge is 0.497 e. The van der Waals surface area contributed by atoms with E-state index in [0.717, 1.165) is 9.87 Å². The molecule has 1 aromatic rings. The molecule has 0 spiro atoms. The molecular weight excluding hydrogens is 296 g/mol. The fourth-order valence-electron chi connectivity index (χ4n) is 1.53. The highest BCUT2D eigenvalue weighted by molar-refractivity contribution is 7.87. The molecule has 0 saturated carbocycles. The summed E-state index contributed by atoms with van der Waals surface area (Å²) in [6, 6.07) is 7.08. The first-order valence-electron chi connectivity index (χ1n) is 6.37. The molecule has 120 valence electrons. The monoisotopic (exact) mass is 318 g/mol. The maximum atomic E-state index is 12.0. The van der Waals surface area contributed by atoms with E-state index in [9.17, 15) is 13.5 Å². The molecule has 8 heteroatoms. The number of rotatable bonds is 8. The Morgan fingerprint density at radius 2 is 2.10 bits per heavy atom. The standard InChI is InChI=1S/C13H22N2O5S/c1-13(17,10-16)9-14-21(18,19)15(2)8-11-5-4-6-12(7-11)20-3/h4-7,14,16-17H,8-10H2,1-3H3. The van der Waals surface area contributed by atoms with Gasteiger partial charge in [-0.25, -0.2) is 0 Å². The molecule has 0 heterocycles. The molecule has 1 unspecified atom stereocenters. The van der Waals surface area contributed by atoms with E-state index in [1.165, 1.54) is 21.1 Å². The molecule has 1 atom stereocenters. The van der Waals surface area contributed by atoms with Crippen molar-refractivity contribution in [1.82, 2.24) is 9.03 Å². The van der Waals surface area contributed by atoms with E-state index in [1.54, 1.807) is 24.3 Å². The summed E-state index contributed by atoms with van der Waals surface area (Å²) < 4.78 is 32.5. The number of nitrogens with zero attached hydrogens (tertiary/aromatic N) is 1. The first kappa shape index (κ1) is 17.9. The van der Waals surface area contributed by atoms with E-state index in [-0.39, 0.29) is 13.1 Å². The molecule has 21 heavy (non-hydrogen) atoms. The number of aliphatic hydroxyl groups is 2. The lowest BCUT2D eigenvalue weighted by molar-refractivity contribution is 0.00656. The summed E-state index contributed by atoms with van der Waals surface area (Å²) in [5, 5.41) is 18.5. The van der Waals surface area contributed by atoms with Crippen molar-refractivity contribution in [1.29, 1.82) is 0 Å². The summed E-state index contributed by atoms with van der Waals surface area (Å²) in [6.45, 7) is 0.703. The molecular formula is C13H22N2O5S. The molecule has 0 aliphatic heterocycles. The summed E-state index contributed by atoms with van der Waals surface area (Å²) in [6.07, 6.45) is 0. The molecule has 0 saturated heterocycles. The summed E-state index contributed by atoms with van der Waals surface area (Å²) >= 11 is 0. The van der Waals surface area contributed by atoms with Crippen LogP contribution in [-0.4, -0.2) is 55.8 Å². The minimum absolute atomic E-state index is 0.161. The third-order valence-electron chi connectivity index (χ3n) is 2.93. The Morgan fingerprint density at radius 1 is 1.43 bits per heavy atom. The van der Waals surface area contributed by atoms with Gasteiger partial charge < -0.3 is 14.9 Å². The average molecular weight is 318 g/mol. The summed E-state index contributed by atoms with van der Waals surface area (Å²) in [4.78, 5) is 0. The van der Waals surface area contributed by atoms with E-state index >= 15 is 0 Å². The van der Waals surface area contributed by atoms with Gasteiger partial charge in [-0.1, -0.05) is 12.1 Å². The second-order valence-corrected chi connectivity index (χ2v) is 6.95. The van der Waals surface area contributed by atoms with Crippen molar-refractivity contribution in [3.8, 4) is 5.75 Å². The van der Waals surface area contributed by atoms with Gasteiger partial charge in [-0.15, -0.1) is 0 Å². The lowest BCUT2D eigenvalue weighted by atomic mass is 10.1. The predicted octanol–water partition coefficient (Wildman–Crippen LogP) is -0.295. The first-order valence-corrected chi connectivity index (χ1v) is 7.81. The molecule has 7 nitrogen and oxygen atoms in total. The summed E-state index contributed by atoms with van der Waals surface area (Å²) in [7, 11) is -0.784. The van der Waals surface area contributed by atoms with Crippen LogP contribution in [0.3, 0.4) is 0 Å². The number of nitrogens with one attached hydrogen (secondary N) is 1. The van der Waals surface area contributed by atoms with Gasteiger partial charge in [0.2, 0.25) is 0 Å². The van der Waals surface area contributed by atoms with Crippen LogP contribution in [0.5, 0.6) is 5.75 Å². The number of hydrogen-bond acceptors (Lipinski definition) is 5.